The van der Waals surface area contributed by atoms with Crippen molar-refractivity contribution >= 4 is 5.97 Å². The van der Waals surface area contributed by atoms with E-state index >= 15 is 0 Å². The second-order valence-corrected chi connectivity index (χ2v) is 3.67. The predicted octanol–water partition coefficient (Wildman–Crippen LogP) is -1.91. The number of carbonyl (C=O) groups excluding carboxylic acids is 1. The number of hydrogen-bond acceptors (Lipinski definition) is 7. The first-order valence-corrected chi connectivity index (χ1v) is 5.03. The number of rotatable bonds is 3. The molecule has 0 bridgehead atoms. The molecule has 7 heteroatoms. The van der Waals surface area contributed by atoms with Gasteiger partial charge in [-0.05, 0) is 6.42 Å². The van der Waals surface area contributed by atoms with Crippen LogP contribution >= 0.6 is 0 Å². The second kappa shape index (κ2) is 5.07. The van der Waals surface area contributed by atoms with E-state index in [-0.39, 0.29) is 6.42 Å². The highest BCUT2D eigenvalue weighted by Crippen LogP contribution is 2.25. The molecule has 0 spiro atoms. The zero-order valence-corrected chi connectivity index (χ0v) is 8.87. The third-order valence-electron chi connectivity index (χ3n) is 2.27. The lowest BCUT2D eigenvalue weighted by Crippen LogP contribution is -2.62. The molecule has 1 aliphatic heterocycles. The number of ether oxygens (including phenoxy) is 2. The van der Waals surface area contributed by atoms with Crippen LogP contribution in [0.2, 0.25) is 0 Å². The van der Waals surface area contributed by atoms with Gasteiger partial charge in [-0.1, -0.05) is 6.92 Å². The molecular formula is C9H16O7. The van der Waals surface area contributed by atoms with E-state index in [1.54, 1.807) is 6.92 Å². The Morgan fingerprint density at radius 1 is 1.50 bits per heavy atom. The van der Waals surface area contributed by atoms with E-state index in [9.17, 15) is 20.1 Å². The van der Waals surface area contributed by atoms with Crippen LogP contribution in [0.4, 0.5) is 0 Å². The highest BCUT2D eigenvalue weighted by Gasteiger charge is 2.51. The maximum atomic E-state index is 11.1. The largest absolute Gasteiger partial charge is 0.406 e. The Kier molecular flexibility index (Phi) is 4.22. The molecule has 0 radical (unpaired) electrons. The van der Waals surface area contributed by atoms with Crippen molar-refractivity contribution < 1.29 is 34.7 Å². The van der Waals surface area contributed by atoms with Crippen molar-refractivity contribution in [1.29, 1.82) is 0 Å². The molecule has 4 atom stereocenters. The zero-order valence-electron chi connectivity index (χ0n) is 8.87. The molecular weight excluding hydrogens is 220 g/mol. The Morgan fingerprint density at radius 3 is 2.69 bits per heavy atom. The molecule has 1 fully saturated rings. The van der Waals surface area contributed by atoms with Crippen LogP contribution in [-0.4, -0.2) is 57.3 Å². The van der Waals surface area contributed by atoms with Crippen molar-refractivity contribution in [2.24, 2.45) is 0 Å². The van der Waals surface area contributed by atoms with Crippen molar-refractivity contribution in [1.82, 2.24) is 0 Å². The Bertz CT molecular complexity index is 256. The van der Waals surface area contributed by atoms with Crippen molar-refractivity contribution in [3.8, 4) is 0 Å². The molecule has 0 saturated carbocycles. The Morgan fingerprint density at radius 2 is 2.12 bits per heavy atom. The third-order valence-corrected chi connectivity index (χ3v) is 2.27. The maximum absolute atomic E-state index is 11.1. The summed E-state index contributed by atoms with van der Waals surface area (Å²) in [5, 5.41) is 37.5. The van der Waals surface area contributed by atoms with Crippen LogP contribution in [-0.2, 0) is 14.3 Å². The van der Waals surface area contributed by atoms with Crippen LogP contribution in [0.15, 0.2) is 0 Å². The fourth-order valence-corrected chi connectivity index (χ4v) is 1.32. The molecule has 0 aromatic heterocycles. The number of hydrogen-bond donors (Lipinski definition) is 4. The summed E-state index contributed by atoms with van der Waals surface area (Å²) in [5.74, 6) is -3.35. The van der Waals surface area contributed by atoms with Gasteiger partial charge < -0.3 is 29.9 Å². The Hall–Kier alpha value is -0.730. The molecule has 0 aliphatic carbocycles. The van der Waals surface area contributed by atoms with E-state index in [1.807, 2.05) is 0 Å². The molecule has 0 unspecified atom stereocenters. The predicted molar refractivity (Wildman–Crippen MR) is 49.9 cm³/mol. The van der Waals surface area contributed by atoms with Gasteiger partial charge in [0.25, 0.3) is 0 Å². The number of aliphatic hydroxyl groups is 4. The monoisotopic (exact) mass is 236 g/mol. The zero-order chi connectivity index (χ0) is 12.3. The number of aliphatic hydroxyl groups excluding tert-OH is 3. The molecule has 1 saturated heterocycles. The summed E-state index contributed by atoms with van der Waals surface area (Å²) in [6, 6.07) is 0. The van der Waals surface area contributed by atoms with Crippen LogP contribution < -0.4 is 0 Å². The number of esters is 1. The van der Waals surface area contributed by atoms with Crippen LogP contribution in [0.1, 0.15) is 19.8 Å². The molecule has 7 nitrogen and oxygen atoms in total. The van der Waals surface area contributed by atoms with E-state index in [4.69, 9.17) is 5.11 Å². The van der Waals surface area contributed by atoms with Crippen LogP contribution in [0.5, 0.6) is 0 Å². The fourth-order valence-electron chi connectivity index (χ4n) is 1.32. The quantitative estimate of drug-likeness (QED) is 0.333. The summed E-state index contributed by atoms with van der Waals surface area (Å²) in [5.41, 5.74) is 0. The first-order valence-electron chi connectivity index (χ1n) is 5.03. The van der Waals surface area contributed by atoms with Crippen molar-refractivity contribution in [2.45, 2.75) is 44.1 Å². The van der Waals surface area contributed by atoms with Gasteiger partial charge >= 0.3 is 11.9 Å². The van der Waals surface area contributed by atoms with Crippen LogP contribution in [0.3, 0.4) is 0 Å². The van der Waals surface area contributed by atoms with Gasteiger partial charge in [0.1, 0.15) is 12.2 Å². The van der Waals surface area contributed by atoms with Crippen molar-refractivity contribution in [3.63, 3.8) is 0 Å². The van der Waals surface area contributed by atoms with Gasteiger partial charge in [0.15, 0.2) is 6.10 Å². The smallest absolute Gasteiger partial charge is 0.357 e. The lowest BCUT2D eigenvalue weighted by Gasteiger charge is -2.39. The van der Waals surface area contributed by atoms with Gasteiger partial charge in [0.2, 0.25) is 0 Å². The lowest BCUT2D eigenvalue weighted by atomic mass is 10.0. The normalized spacial score (nSPS) is 39.4. The van der Waals surface area contributed by atoms with E-state index in [0.29, 0.717) is 6.42 Å². The molecule has 0 aromatic rings. The summed E-state index contributed by atoms with van der Waals surface area (Å²) < 4.78 is 9.15. The van der Waals surface area contributed by atoms with E-state index in [1.165, 1.54) is 0 Å². The highest BCUT2D eigenvalue weighted by atomic mass is 16.8. The van der Waals surface area contributed by atoms with Crippen molar-refractivity contribution in [3.05, 3.63) is 0 Å². The van der Waals surface area contributed by atoms with Gasteiger partial charge in [-0.15, -0.1) is 0 Å². The minimum atomic E-state index is -2.59. The molecule has 1 aliphatic rings. The summed E-state index contributed by atoms with van der Waals surface area (Å²) in [4.78, 5) is 11.1. The van der Waals surface area contributed by atoms with E-state index in [0.717, 1.165) is 0 Å². The van der Waals surface area contributed by atoms with Gasteiger partial charge in [0, 0.05) is 6.42 Å². The SMILES string of the molecule is CCCC(=O)O[C@]1(O)OC[C@@H](O)[C@H](O)[C@H]1O. The van der Waals surface area contributed by atoms with E-state index in [2.05, 4.69) is 9.47 Å². The molecule has 94 valence electrons. The lowest BCUT2D eigenvalue weighted by molar-refractivity contribution is -0.415. The van der Waals surface area contributed by atoms with Crippen LogP contribution in [0, 0.1) is 0 Å². The summed E-state index contributed by atoms with van der Waals surface area (Å²) in [7, 11) is 0. The second-order valence-electron chi connectivity index (χ2n) is 3.67. The third kappa shape index (κ3) is 2.69. The minimum absolute atomic E-state index is 0.0526. The first kappa shape index (κ1) is 13.3. The standard InChI is InChI=1S/C9H16O7/c1-2-3-6(11)16-9(14)8(13)7(12)5(10)4-15-9/h5,7-8,10,12-14H,2-4H2,1H3/t5-,7+,8-,9-/m1/s1. The number of carbonyl (C=O) groups is 1. The maximum Gasteiger partial charge on any atom is 0.357 e. The average Bonchev–Trinajstić information content (AvgIpc) is 2.22. The van der Waals surface area contributed by atoms with Gasteiger partial charge in [-0.2, -0.15) is 0 Å². The molecule has 16 heavy (non-hydrogen) atoms. The molecule has 1 heterocycles. The van der Waals surface area contributed by atoms with Crippen LogP contribution in [0.25, 0.3) is 0 Å². The fraction of sp³-hybridized carbons (Fsp3) is 0.889. The molecule has 4 N–H and O–H groups in total. The van der Waals surface area contributed by atoms with Crippen molar-refractivity contribution in [2.75, 3.05) is 6.61 Å². The topological polar surface area (TPSA) is 116 Å². The summed E-state index contributed by atoms with van der Waals surface area (Å²) in [6.45, 7) is 1.30. The molecule has 0 amide bonds. The van der Waals surface area contributed by atoms with E-state index < -0.39 is 36.9 Å². The minimum Gasteiger partial charge on any atom is -0.406 e. The highest BCUT2D eigenvalue weighted by molar-refractivity contribution is 5.69. The van der Waals surface area contributed by atoms with Gasteiger partial charge in [0.05, 0.1) is 6.61 Å². The molecule has 1 rings (SSSR count). The average molecular weight is 236 g/mol. The van der Waals surface area contributed by atoms with Gasteiger partial charge in [-0.3, -0.25) is 4.79 Å². The van der Waals surface area contributed by atoms with Gasteiger partial charge in [-0.25, -0.2) is 0 Å². The summed E-state index contributed by atoms with van der Waals surface area (Å²) >= 11 is 0. The summed E-state index contributed by atoms with van der Waals surface area (Å²) in [6.07, 6.45) is -4.31. The first-order chi connectivity index (χ1) is 7.40. The Labute approximate surface area is 92.2 Å². The Balaban J connectivity index is 2.65. The molecule has 0 aromatic carbocycles.